The Labute approximate surface area is 169 Å². The van der Waals surface area contributed by atoms with Gasteiger partial charge in [-0.15, -0.1) is 0 Å². The van der Waals surface area contributed by atoms with Gasteiger partial charge in [-0.1, -0.05) is 11.6 Å². The normalized spacial score (nSPS) is 31.0. The van der Waals surface area contributed by atoms with Gasteiger partial charge in [0, 0.05) is 17.7 Å². The molecule has 10 heteroatoms. The van der Waals surface area contributed by atoms with Crippen LogP contribution in [0.25, 0.3) is 6.08 Å². The Morgan fingerprint density at radius 1 is 1.17 bits per heavy atom. The lowest BCUT2D eigenvalue weighted by Gasteiger charge is -2.29. The number of benzene rings is 1. The van der Waals surface area contributed by atoms with Gasteiger partial charge in [0.2, 0.25) is 6.10 Å². The first-order chi connectivity index (χ1) is 13.7. The molecule has 0 aliphatic carbocycles. The summed E-state index contributed by atoms with van der Waals surface area (Å²) in [7, 11) is 1.50. The van der Waals surface area contributed by atoms with E-state index in [1.807, 2.05) is 0 Å². The second kappa shape index (κ2) is 7.46. The molecule has 0 amide bonds. The summed E-state index contributed by atoms with van der Waals surface area (Å²) in [6.07, 6.45) is -8.34. The number of rotatable bonds is 3. The molecule has 5 atom stereocenters. The van der Waals surface area contributed by atoms with Gasteiger partial charge in [-0.05, 0) is 30.7 Å². The van der Waals surface area contributed by atoms with Crippen molar-refractivity contribution in [2.45, 2.75) is 43.6 Å². The van der Waals surface area contributed by atoms with Crippen LogP contribution >= 0.6 is 11.6 Å². The maximum absolute atomic E-state index is 13.6. The van der Waals surface area contributed by atoms with Crippen molar-refractivity contribution < 1.29 is 41.7 Å². The molecule has 1 aromatic carbocycles. The Bertz CT molecular complexity index is 855. The smallest absolute Gasteiger partial charge is 0.430 e. The number of alkyl halides is 3. The third kappa shape index (κ3) is 3.72. The summed E-state index contributed by atoms with van der Waals surface area (Å²) in [6.45, 7) is 1.84. The van der Waals surface area contributed by atoms with Crippen LogP contribution < -0.4 is 4.74 Å². The molecule has 0 unspecified atom stereocenters. The van der Waals surface area contributed by atoms with E-state index in [1.54, 1.807) is 6.92 Å². The predicted octanol–water partition coefficient (Wildman–Crippen LogP) is 3.08. The van der Waals surface area contributed by atoms with Crippen LogP contribution in [0.2, 0.25) is 5.02 Å². The highest BCUT2D eigenvalue weighted by molar-refractivity contribution is 6.30. The Kier molecular flexibility index (Phi) is 5.27. The Morgan fingerprint density at radius 2 is 1.83 bits per heavy atom. The standard InChI is InChI=1S/C19H18ClF3O6/c1-8-3-10(20)4-9-5-11(17(19(21,22)23)29-14(8)9)18(24)28-13-7-27-15-12(25-2)6-26-16(13)15/h3-5,12-13,15-17H,6-7H2,1-2H3/t12-,13+,15-,16-,17+/m1/s1. The summed E-state index contributed by atoms with van der Waals surface area (Å²) in [5, 5.41) is 0.316. The molecule has 6 nitrogen and oxygen atoms in total. The molecular weight excluding hydrogens is 417 g/mol. The van der Waals surface area contributed by atoms with Crippen LogP contribution in [0.4, 0.5) is 13.2 Å². The molecular formula is C19H18ClF3O6. The van der Waals surface area contributed by atoms with Crippen LogP contribution in [0.3, 0.4) is 0 Å². The number of esters is 1. The third-order valence-electron chi connectivity index (χ3n) is 5.15. The van der Waals surface area contributed by atoms with E-state index in [0.717, 1.165) is 6.08 Å². The van der Waals surface area contributed by atoms with Gasteiger partial charge in [-0.3, -0.25) is 0 Å². The lowest BCUT2D eigenvalue weighted by atomic mass is 9.99. The second-order valence-electron chi connectivity index (χ2n) is 7.09. The van der Waals surface area contributed by atoms with Crippen molar-refractivity contribution >= 4 is 23.6 Å². The van der Waals surface area contributed by atoms with E-state index < -0.39 is 42.1 Å². The summed E-state index contributed by atoms with van der Waals surface area (Å²) in [5.41, 5.74) is 0.0541. The zero-order valence-corrected chi connectivity index (χ0v) is 16.3. The molecule has 2 saturated heterocycles. The van der Waals surface area contributed by atoms with Crippen molar-refractivity contribution in [2.24, 2.45) is 0 Å². The van der Waals surface area contributed by atoms with Gasteiger partial charge in [0.05, 0.1) is 18.8 Å². The van der Waals surface area contributed by atoms with Gasteiger partial charge in [0.25, 0.3) is 0 Å². The molecule has 0 spiro atoms. The molecule has 2 fully saturated rings. The highest BCUT2D eigenvalue weighted by atomic mass is 35.5. The van der Waals surface area contributed by atoms with Crippen LogP contribution in [0, 0.1) is 6.92 Å². The lowest BCUT2D eigenvalue weighted by Crippen LogP contribution is -2.42. The summed E-state index contributed by atoms with van der Waals surface area (Å²) >= 11 is 5.99. The lowest BCUT2D eigenvalue weighted by molar-refractivity contribution is -0.189. The SMILES string of the molecule is CO[C@@H]1CO[C@H]2[C@@H]1OC[C@@H]2OC(=O)C1=Cc2cc(Cl)cc(C)c2O[C@@H]1C(F)(F)F. The molecule has 0 aromatic heterocycles. The van der Waals surface area contributed by atoms with E-state index >= 15 is 0 Å². The number of hydrogen-bond donors (Lipinski definition) is 0. The van der Waals surface area contributed by atoms with Crippen LogP contribution in [0.15, 0.2) is 17.7 Å². The fourth-order valence-electron chi connectivity index (χ4n) is 3.80. The molecule has 0 saturated carbocycles. The fraction of sp³-hybridized carbons (Fsp3) is 0.526. The van der Waals surface area contributed by atoms with Crippen molar-refractivity contribution in [3.05, 3.63) is 33.9 Å². The van der Waals surface area contributed by atoms with Crippen molar-refractivity contribution in [2.75, 3.05) is 20.3 Å². The molecule has 1 aromatic rings. The molecule has 0 bridgehead atoms. The number of methoxy groups -OCH3 is 1. The van der Waals surface area contributed by atoms with E-state index in [9.17, 15) is 18.0 Å². The fourth-order valence-corrected chi connectivity index (χ4v) is 4.08. The van der Waals surface area contributed by atoms with E-state index in [2.05, 4.69) is 0 Å². The van der Waals surface area contributed by atoms with Gasteiger partial charge in [0.1, 0.15) is 24.1 Å². The van der Waals surface area contributed by atoms with Crippen LogP contribution in [0.1, 0.15) is 11.1 Å². The number of halogens is 4. The zero-order chi connectivity index (χ0) is 20.9. The minimum Gasteiger partial charge on any atom is -0.475 e. The van der Waals surface area contributed by atoms with Crippen LogP contribution in [-0.4, -0.2) is 63.0 Å². The van der Waals surface area contributed by atoms with E-state index in [0.29, 0.717) is 10.6 Å². The van der Waals surface area contributed by atoms with Crippen LogP contribution in [0.5, 0.6) is 5.75 Å². The summed E-state index contributed by atoms with van der Waals surface area (Å²) in [6, 6.07) is 2.92. The first-order valence-electron chi connectivity index (χ1n) is 8.91. The highest BCUT2D eigenvalue weighted by Gasteiger charge is 2.52. The van der Waals surface area contributed by atoms with Gasteiger partial charge < -0.3 is 23.7 Å². The molecule has 158 valence electrons. The number of aryl methyl sites for hydroxylation is 1. The summed E-state index contributed by atoms with van der Waals surface area (Å²) < 4.78 is 67.7. The van der Waals surface area contributed by atoms with Gasteiger partial charge in [-0.25, -0.2) is 4.79 Å². The maximum Gasteiger partial charge on any atom is 0.430 e. The first kappa shape index (κ1) is 20.5. The number of ether oxygens (including phenoxy) is 5. The predicted molar refractivity (Wildman–Crippen MR) is 94.8 cm³/mol. The highest BCUT2D eigenvalue weighted by Crippen LogP contribution is 2.41. The zero-order valence-electron chi connectivity index (χ0n) is 15.5. The monoisotopic (exact) mass is 434 g/mol. The number of carbonyl (C=O) groups is 1. The third-order valence-corrected chi connectivity index (χ3v) is 5.37. The average molecular weight is 435 g/mol. The molecule has 0 N–H and O–H groups in total. The maximum atomic E-state index is 13.6. The van der Waals surface area contributed by atoms with Crippen molar-refractivity contribution in [1.82, 2.24) is 0 Å². The number of carbonyl (C=O) groups excluding carboxylic acids is 1. The van der Waals surface area contributed by atoms with Gasteiger partial charge >= 0.3 is 12.1 Å². The molecule has 3 aliphatic rings. The van der Waals surface area contributed by atoms with E-state index in [4.69, 9.17) is 35.3 Å². The topological polar surface area (TPSA) is 63.2 Å². The quantitative estimate of drug-likeness (QED) is 0.681. The Hall–Kier alpha value is -1.81. The Morgan fingerprint density at radius 3 is 2.48 bits per heavy atom. The molecule has 3 heterocycles. The Balaban J connectivity index is 1.61. The van der Waals surface area contributed by atoms with Crippen molar-refractivity contribution in [3.8, 4) is 5.75 Å². The van der Waals surface area contributed by atoms with Crippen molar-refractivity contribution in [3.63, 3.8) is 0 Å². The van der Waals surface area contributed by atoms with Crippen molar-refractivity contribution in [1.29, 1.82) is 0 Å². The van der Waals surface area contributed by atoms with Gasteiger partial charge in [-0.2, -0.15) is 13.2 Å². The van der Waals surface area contributed by atoms with Crippen LogP contribution in [-0.2, 0) is 23.7 Å². The molecule has 29 heavy (non-hydrogen) atoms. The number of fused-ring (bicyclic) bond motifs is 2. The van der Waals surface area contributed by atoms with E-state index in [1.165, 1.54) is 19.2 Å². The first-order valence-corrected chi connectivity index (χ1v) is 9.29. The van der Waals surface area contributed by atoms with E-state index in [-0.39, 0.29) is 30.6 Å². The second-order valence-corrected chi connectivity index (χ2v) is 7.53. The molecule has 4 rings (SSSR count). The number of hydrogen-bond acceptors (Lipinski definition) is 6. The minimum atomic E-state index is -4.81. The summed E-state index contributed by atoms with van der Waals surface area (Å²) in [4.78, 5) is 12.7. The molecule has 0 radical (unpaired) electrons. The average Bonchev–Trinajstić information content (AvgIpc) is 3.22. The van der Waals surface area contributed by atoms with Gasteiger partial charge in [0.15, 0.2) is 6.10 Å². The largest absolute Gasteiger partial charge is 0.475 e. The summed E-state index contributed by atoms with van der Waals surface area (Å²) in [5.74, 6) is -1.12. The minimum absolute atomic E-state index is 0.00722. The molecule has 3 aliphatic heterocycles.